The second-order valence-electron chi connectivity index (χ2n) is 2.93. The molecule has 78 valence electrons. The standard InChI is InChI=1S/C11H10O4/c12-7-9-6-10(13)5-4-8(9)2-1-3-11(14)15/h1-2,4-7,13H,3H2,(H,14,15). The number of aldehydes is 1. The summed E-state index contributed by atoms with van der Waals surface area (Å²) in [6.07, 6.45) is 3.50. The van der Waals surface area contributed by atoms with Gasteiger partial charge in [-0.1, -0.05) is 18.2 Å². The lowest BCUT2D eigenvalue weighted by Gasteiger charge is -1.99. The SMILES string of the molecule is O=Cc1cc(O)ccc1C=CCC(=O)O. The van der Waals surface area contributed by atoms with E-state index in [0.29, 0.717) is 17.4 Å². The minimum absolute atomic E-state index is 0.00693. The van der Waals surface area contributed by atoms with Crippen LogP contribution in [0.25, 0.3) is 6.08 Å². The van der Waals surface area contributed by atoms with E-state index in [-0.39, 0.29) is 12.2 Å². The van der Waals surface area contributed by atoms with E-state index >= 15 is 0 Å². The maximum atomic E-state index is 10.6. The molecule has 0 bridgehead atoms. The van der Waals surface area contributed by atoms with Crippen molar-refractivity contribution in [1.29, 1.82) is 0 Å². The van der Waals surface area contributed by atoms with Crippen LogP contribution < -0.4 is 0 Å². The van der Waals surface area contributed by atoms with Crippen LogP contribution in [0.4, 0.5) is 0 Å². The summed E-state index contributed by atoms with van der Waals surface area (Å²) in [6, 6.07) is 4.32. The highest BCUT2D eigenvalue weighted by atomic mass is 16.4. The van der Waals surface area contributed by atoms with Crippen molar-refractivity contribution in [3.63, 3.8) is 0 Å². The molecule has 4 nitrogen and oxygen atoms in total. The number of benzene rings is 1. The summed E-state index contributed by atoms with van der Waals surface area (Å²) >= 11 is 0. The molecule has 0 radical (unpaired) electrons. The summed E-state index contributed by atoms with van der Waals surface area (Å²) in [5.74, 6) is -0.926. The number of phenols is 1. The average molecular weight is 206 g/mol. The van der Waals surface area contributed by atoms with Crippen LogP contribution in [0.2, 0.25) is 0 Å². The highest BCUT2D eigenvalue weighted by Gasteiger charge is 1.99. The van der Waals surface area contributed by atoms with Gasteiger partial charge >= 0.3 is 5.97 Å². The van der Waals surface area contributed by atoms with Crippen molar-refractivity contribution in [2.24, 2.45) is 0 Å². The van der Waals surface area contributed by atoms with Crippen LogP contribution >= 0.6 is 0 Å². The van der Waals surface area contributed by atoms with E-state index in [0.717, 1.165) is 0 Å². The fourth-order valence-electron chi connectivity index (χ4n) is 1.10. The first kappa shape index (κ1) is 11.0. The normalized spacial score (nSPS) is 10.4. The Morgan fingerprint density at radius 2 is 2.07 bits per heavy atom. The van der Waals surface area contributed by atoms with Gasteiger partial charge in [-0.25, -0.2) is 0 Å². The van der Waals surface area contributed by atoms with E-state index in [1.165, 1.54) is 24.3 Å². The van der Waals surface area contributed by atoms with Gasteiger partial charge in [0.2, 0.25) is 0 Å². The van der Waals surface area contributed by atoms with E-state index < -0.39 is 5.97 Å². The van der Waals surface area contributed by atoms with Crippen LogP contribution in [-0.2, 0) is 4.79 Å². The Morgan fingerprint density at radius 3 is 2.67 bits per heavy atom. The molecule has 0 aliphatic carbocycles. The molecule has 0 saturated carbocycles. The number of carbonyl (C=O) groups is 2. The molecule has 0 unspecified atom stereocenters. The highest BCUT2D eigenvalue weighted by Crippen LogP contribution is 2.16. The quantitative estimate of drug-likeness (QED) is 0.735. The third kappa shape index (κ3) is 3.27. The van der Waals surface area contributed by atoms with Crippen molar-refractivity contribution in [1.82, 2.24) is 0 Å². The summed E-state index contributed by atoms with van der Waals surface area (Å²) in [7, 11) is 0. The molecule has 1 aromatic rings. The number of phenolic OH excluding ortho intramolecular Hbond substituents is 1. The molecule has 2 N–H and O–H groups in total. The third-order valence-electron chi connectivity index (χ3n) is 1.79. The Bertz CT molecular complexity index is 407. The van der Waals surface area contributed by atoms with Gasteiger partial charge in [0.1, 0.15) is 5.75 Å². The molecule has 15 heavy (non-hydrogen) atoms. The lowest BCUT2D eigenvalue weighted by atomic mass is 10.1. The van der Waals surface area contributed by atoms with Crippen LogP contribution in [0.3, 0.4) is 0 Å². The zero-order valence-electron chi connectivity index (χ0n) is 7.88. The molecule has 0 amide bonds. The molecule has 0 fully saturated rings. The summed E-state index contributed by atoms with van der Waals surface area (Å²) in [5.41, 5.74) is 0.917. The van der Waals surface area contributed by atoms with Crippen molar-refractivity contribution in [2.45, 2.75) is 6.42 Å². The third-order valence-corrected chi connectivity index (χ3v) is 1.79. The molecule has 0 saturated heterocycles. The van der Waals surface area contributed by atoms with Gasteiger partial charge in [0, 0.05) is 5.56 Å². The zero-order valence-corrected chi connectivity index (χ0v) is 7.88. The maximum Gasteiger partial charge on any atom is 0.307 e. The van der Waals surface area contributed by atoms with Crippen molar-refractivity contribution in [3.05, 3.63) is 35.4 Å². The first-order chi connectivity index (χ1) is 7.13. The first-order valence-electron chi connectivity index (χ1n) is 4.30. The fraction of sp³-hybridized carbons (Fsp3) is 0.0909. The van der Waals surface area contributed by atoms with Crippen molar-refractivity contribution in [2.75, 3.05) is 0 Å². The summed E-state index contributed by atoms with van der Waals surface area (Å²) in [5, 5.41) is 17.5. The van der Waals surface area contributed by atoms with Crippen LogP contribution in [0, 0.1) is 0 Å². The number of aliphatic carboxylic acids is 1. The summed E-state index contributed by atoms with van der Waals surface area (Å²) in [4.78, 5) is 20.9. The fourth-order valence-corrected chi connectivity index (χ4v) is 1.10. The zero-order chi connectivity index (χ0) is 11.3. The molecule has 4 heteroatoms. The minimum Gasteiger partial charge on any atom is -0.508 e. The van der Waals surface area contributed by atoms with Crippen molar-refractivity contribution >= 4 is 18.3 Å². The highest BCUT2D eigenvalue weighted by molar-refractivity contribution is 5.83. The van der Waals surface area contributed by atoms with Gasteiger partial charge < -0.3 is 10.2 Å². The van der Waals surface area contributed by atoms with Gasteiger partial charge in [0.15, 0.2) is 6.29 Å². The van der Waals surface area contributed by atoms with Crippen LogP contribution in [0.1, 0.15) is 22.3 Å². The number of carbonyl (C=O) groups excluding carboxylic acids is 1. The number of hydrogen-bond donors (Lipinski definition) is 2. The molecule has 1 aromatic carbocycles. The Kier molecular flexibility index (Phi) is 3.62. The summed E-state index contributed by atoms with van der Waals surface area (Å²) in [6.45, 7) is 0. The minimum atomic E-state index is -0.933. The molecule has 0 aromatic heterocycles. The monoisotopic (exact) mass is 206 g/mol. The topological polar surface area (TPSA) is 74.6 Å². The van der Waals surface area contributed by atoms with E-state index in [1.807, 2.05) is 0 Å². The largest absolute Gasteiger partial charge is 0.508 e. The second-order valence-corrected chi connectivity index (χ2v) is 2.93. The number of aromatic hydroxyl groups is 1. The van der Waals surface area contributed by atoms with E-state index in [9.17, 15) is 9.59 Å². The van der Waals surface area contributed by atoms with Crippen LogP contribution in [0.15, 0.2) is 24.3 Å². The van der Waals surface area contributed by atoms with E-state index in [4.69, 9.17) is 10.2 Å². The van der Waals surface area contributed by atoms with Crippen LogP contribution in [0.5, 0.6) is 5.75 Å². The smallest absolute Gasteiger partial charge is 0.307 e. The van der Waals surface area contributed by atoms with Gasteiger partial charge in [0.25, 0.3) is 0 Å². The molecule has 0 heterocycles. The van der Waals surface area contributed by atoms with Crippen molar-refractivity contribution < 1.29 is 19.8 Å². The van der Waals surface area contributed by atoms with Crippen LogP contribution in [-0.4, -0.2) is 22.5 Å². The van der Waals surface area contributed by atoms with Gasteiger partial charge in [-0.2, -0.15) is 0 Å². The van der Waals surface area contributed by atoms with Gasteiger partial charge in [-0.3, -0.25) is 9.59 Å². The average Bonchev–Trinajstić information content (AvgIpc) is 2.19. The molecule has 1 rings (SSSR count). The van der Waals surface area contributed by atoms with E-state index in [1.54, 1.807) is 6.07 Å². The van der Waals surface area contributed by atoms with Gasteiger partial charge in [0.05, 0.1) is 6.42 Å². The summed E-state index contributed by atoms with van der Waals surface area (Å²) < 4.78 is 0. The number of rotatable bonds is 4. The van der Waals surface area contributed by atoms with Gasteiger partial charge in [-0.05, 0) is 17.7 Å². The van der Waals surface area contributed by atoms with Gasteiger partial charge in [-0.15, -0.1) is 0 Å². The lowest BCUT2D eigenvalue weighted by molar-refractivity contribution is -0.135. The Morgan fingerprint density at radius 1 is 1.33 bits per heavy atom. The molecule has 0 aliphatic heterocycles. The Balaban J connectivity index is 2.89. The number of hydrogen-bond acceptors (Lipinski definition) is 3. The lowest BCUT2D eigenvalue weighted by Crippen LogP contribution is -1.90. The molecule has 0 atom stereocenters. The second kappa shape index (κ2) is 4.95. The predicted molar refractivity (Wildman–Crippen MR) is 54.8 cm³/mol. The van der Waals surface area contributed by atoms with Crippen molar-refractivity contribution in [3.8, 4) is 5.75 Å². The molecule has 0 spiro atoms. The Labute approximate surface area is 86.5 Å². The van der Waals surface area contributed by atoms with E-state index in [2.05, 4.69) is 0 Å². The maximum absolute atomic E-state index is 10.6. The molecule has 0 aliphatic rings. The number of carboxylic acid groups (broad SMARTS) is 1. The molecular formula is C11H10O4. The number of carboxylic acids is 1. The first-order valence-corrected chi connectivity index (χ1v) is 4.30. The Hall–Kier alpha value is -2.10. The molecular weight excluding hydrogens is 196 g/mol. The predicted octanol–water partition coefficient (Wildman–Crippen LogP) is 1.69.